The first kappa shape index (κ1) is 19.8. The number of rotatable bonds is 8. The lowest BCUT2D eigenvalue weighted by Gasteiger charge is -2.18. The summed E-state index contributed by atoms with van der Waals surface area (Å²) < 4.78 is 1.20. The molecule has 1 heterocycles. The van der Waals surface area contributed by atoms with E-state index < -0.39 is 0 Å². The fourth-order valence-corrected chi connectivity index (χ4v) is 3.10. The smallest absolute Gasteiger partial charge is 0.275 e. The molecule has 0 bridgehead atoms. The van der Waals surface area contributed by atoms with E-state index in [0.717, 1.165) is 30.6 Å². The Hall–Kier alpha value is -2.99. The number of fused-ring (bicyclic) bond motifs is 1. The number of benzene rings is 2. The van der Waals surface area contributed by atoms with Crippen LogP contribution in [0.2, 0.25) is 0 Å². The summed E-state index contributed by atoms with van der Waals surface area (Å²) in [5.74, 6) is -0.239. The van der Waals surface area contributed by atoms with Crippen molar-refractivity contribution in [3.8, 4) is 0 Å². The molecule has 0 fully saturated rings. The van der Waals surface area contributed by atoms with Gasteiger partial charge in [-0.05, 0) is 30.3 Å². The van der Waals surface area contributed by atoms with Crippen LogP contribution < -0.4 is 10.9 Å². The van der Waals surface area contributed by atoms with Gasteiger partial charge in [0.05, 0.1) is 11.6 Å². The lowest BCUT2D eigenvalue weighted by Crippen LogP contribution is -2.33. The zero-order valence-electron chi connectivity index (χ0n) is 16.4. The summed E-state index contributed by atoms with van der Waals surface area (Å²) in [5, 5.41) is 8.29. The van der Waals surface area contributed by atoms with Crippen molar-refractivity contribution >= 4 is 16.7 Å². The van der Waals surface area contributed by atoms with Gasteiger partial charge in [-0.15, -0.1) is 0 Å². The highest BCUT2D eigenvalue weighted by atomic mass is 16.2. The van der Waals surface area contributed by atoms with Crippen LogP contribution in [0, 0.1) is 0 Å². The maximum atomic E-state index is 12.4. The molecule has 0 radical (unpaired) electrons. The van der Waals surface area contributed by atoms with Gasteiger partial charge >= 0.3 is 0 Å². The van der Waals surface area contributed by atoms with Gasteiger partial charge in [-0.2, -0.15) is 5.10 Å². The van der Waals surface area contributed by atoms with Crippen LogP contribution in [0.3, 0.4) is 0 Å². The zero-order chi connectivity index (χ0) is 19.9. The van der Waals surface area contributed by atoms with E-state index in [9.17, 15) is 9.59 Å². The fraction of sp³-hybridized carbons (Fsp3) is 0.318. The molecule has 1 N–H and O–H groups in total. The molecule has 146 valence electrons. The van der Waals surface area contributed by atoms with E-state index in [1.54, 1.807) is 18.3 Å². The predicted molar refractivity (Wildman–Crippen MR) is 111 cm³/mol. The van der Waals surface area contributed by atoms with Crippen LogP contribution in [0.15, 0.2) is 59.5 Å². The Bertz CT molecular complexity index is 991. The summed E-state index contributed by atoms with van der Waals surface area (Å²) in [7, 11) is 0. The number of aromatic nitrogens is 2. The number of nitrogens with one attached hydrogen (secondary N) is 1. The second-order valence-corrected chi connectivity index (χ2v) is 6.75. The molecule has 1 aromatic heterocycles. The van der Waals surface area contributed by atoms with Crippen molar-refractivity contribution in [2.45, 2.75) is 33.5 Å². The highest BCUT2D eigenvalue weighted by Crippen LogP contribution is 2.08. The normalized spacial score (nSPS) is 11.1. The molecule has 6 nitrogen and oxygen atoms in total. The lowest BCUT2D eigenvalue weighted by molar-refractivity contribution is -0.122. The third kappa shape index (κ3) is 4.84. The lowest BCUT2D eigenvalue weighted by atomic mass is 10.1. The van der Waals surface area contributed by atoms with Crippen LogP contribution in [-0.4, -0.2) is 33.7 Å². The van der Waals surface area contributed by atoms with Crippen LogP contribution in [0.5, 0.6) is 0 Å². The standard InChI is InChI=1S/C22H26N4O2/c1-3-25(4-2)15-18-11-9-17(10-12-18)13-23-21(27)16-26-22(28)20-8-6-5-7-19(20)14-24-26/h5-12,14H,3-4,13,15-16H2,1-2H3,(H,23,27). The van der Waals surface area contributed by atoms with E-state index in [-0.39, 0.29) is 18.0 Å². The van der Waals surface area contributed by atoms with Gasteiger partial charge in [0, 0.05) is 18.5 Å². The first-order valence-corrected chi connectivity index (χ1v) is 9.62. The van der Waals surface area contributed by atoms with Crippen LogP contribution in [0.1, 0.15) is 25.0 Å². The van der Waals surface area contributed by atoms with E-state index in [2.05, 4.69) is 41.3 Å². The summed E-state index contributed by atoms with van der Waals surface area (Å²) in [6.45, 7) is 7.62. The third-order valence-electron chi connectivity index (χ3n) is 4.87. The van der Waals surface area contributed by atoms with E-state index in [4.69, 9.17) is 0 Å². The Morgan fingerprint density at radius 2 is 1.71 bits per heavy atom. The Morgan fingerprint density at radius 1 is 1.04 bits per heavy atom. The molecule has 2 aromatic carbocycles. The average molecular weight is 378 g/mol. The molecule has 6 heteroatoms. The summed E-state index contributed by atoms with van der Waals surface area (Å²) in [6.07, 6.45) is 1.61. The molecular formula is C22H26N4O2. The summed E-state index contributed by atoms with van der Waals surface area (Å²) in [4.78, 5) is 27.0. The van der Waals surface area contributed by atoms with Gasteiger partial charge in [-0.25, -0.2) is 4.68 Å². The Balaban J connectivity index is 1.57. The molecule has 3 rings (SSSR count). The molecule has 0 saturated heterocycles. The van der Waals surface area contributed by atoms with Gasteiger partial charge in [-0.1, -0.05) is 56.3 Å². The minimum absolute atomic E-state index is 0.0935. The highest BCUT2D eigenvalue weighted by Gasteiger charge is 2.08. The van der Waals surface area contributed by atoms with E-state index in [1.807, 2.05) is 24.3 Å². The van der Waals surface area contributed by atoms with Gasteiger partial charge in [-0.3, -0.25) is 14.5 Å². The minimum Gasteiger partial charge on any atom is -0.350 e. The van der Waals surface area contributed by atoms with Gasteiger partial charge < -0.3 is 5.32 Å². The minimum atomic E-state index is -0.256. The van der Waals surface area contributed by atoms with Gasteiger partial charge in [0.2, 0.25) is 5.91 Å². The second kappa shape index (κ2) is 9.28. The number of carbonyl (C=O) groups is 1. The van der Waals surface area contributed by atoms with E-state index in [0.29, 0.717) is 11.9 Å². The largest absolute Gasteiger partial charge is 0.350 e. The molecular weight excluding hydrogens is 352 g/mol. The van der Waals surface area contributed by atoms with Crippen molar-refractivity contribution in [3.05, 3.63) is 76.2 Å². The van der Waals surface area contributed by atoms with Crippen molar-refractivity contribution in [1.82, 2.24) is 20.0 Å². The van der Waals surface area contributed by atoms with Crippen LogP contribution in [-0.2, 0) is 24.4 Å². The Labute approximate surface area is 164 Å². The number of hydrogen-bond donors (Lipinski definition) is 1. The molecule has 0 aliphatic rings. The summed E-state index contributed by atoms with van der Waals surface area (Å²) in [5.41, 5.74) is 2.02. The van der Waals surface area contributed by atoms with Gasteiger partial charge in [0.25, 0.3) is 5.56 Å². The SMILES string of the molecule is CCN(CC)Cc1ccc(CNC(=O)Cn2ncc3ccccc3c2=O)cc1. The number of nitrogens with zero attached hydrogens (tertiary/aromatic N) is 3. The summed E-state index contributed by atoms with van der Waals surface area (Å²) >= 11 is 0. The quantitative estimate of drug-likeness (QED) is 0.654. The number of carbonyl (C=O) groups excluding carboxylic acids is 1. The fourth-order valence-electron chi connectivity index (χ4n) is 3.10. The first-order valence-electron chi connectivity index (χ1n) is 9.62. The highest BCUT2D eigenvalue weighted by molar-refractivity contribution is 5.81. The van der Waals surface area contributed by atoms with Crippen LogP contribution in [0.25, 0.3) is 10.8 Å². The molecule has 0 atom stereocenters. The van der Waals surface area contributed by atoms with Crippen molar-refractivity contribution < 1.29 is 4.79 Å². The predicted octanol–water partition coefficient (Wildman–Crippen LogP) is 2.55. The van der Waals surface area contributed by atoms with Crippen molar-refractivity contribution in [2.24, 2.45) is 0 Å². The monoisotopic (exact) mass is 378 g/mol. The van der Waals surface area contributed by atoms with E-state index in [1.165, 1.54) is 10.2 Å². The van der Waals surface area contributed by atoms with Crippen molar-refractivity contribution in [1.29, 1.82) is 0 Å². The third-order valence-corrected chi connectivity index (χ3v) is 4.87. The van der Waals surface area contributed by atoms with E-state index >= 15 is 0 Å². The maximum Gasteiger partial charge on any atom is 0.275 e. The van der Waals surface area contributed by atoms with Gasteiger partial charge in [0.15, 0.2) is 0 Å². The molecule has 0 aliphatic carbocycles. The Morgan fingerprint density at radius 3 is 2.43 bits per heavy atom. The maximum absolute atomic E-state index is 12.4. The zero-order valence-corrected chi connectivity index (χ0v) is 16.4. The van der Waals surface area contributed by atoms with Gasteiger partial charge in [0.1, 0.15) is 6.54 Å². The first-order chi connectivity index (χ1) is 13.6. The number of amides is 1. The topological polar surface area (TPSA) is 67.2 Å². The van der Waals surface area contributed by atoms with Crippen molar-refractivity contribution in [3.63, 3.8) is 0 Å². The molecule has 0 aliphatic heterocycles. The second-order valence-electron chi connectivity index (χ2n) is 6.75. The molecule has 0 saturated carbocycles. The molecule has 0 unspecified atom stereocenters. The average Bonchev–Trinajstić information content (AvgIpc) is 2.73. The van der Waals surface area contributed by atoms with Crippen molar-refractivity contribution in [2.75, 3.05) is 13.1 Å². The molecule has 1 amide bonds. The molecule has 3 aromatic rings. The van der Waals surface area contributed by atoms with Crippen LogP contribution >= 0.6 is 0 Å². The molecule has 0 spiro atoms. The summed E-state index contributed by atoms with van der Waals surface area (Å²) in [6, 6.07) is 15.5. The Kier molecular flexibility index (Phi) is 6.55. The van der Waals surface area contributed by atoms with Crippen LogP contribution in [0.4, 0.5) is 0 Å². The number of hydrogen-bond acceptors (Lipinski definition) is 4. The molecule has 28 heavy (non-hydrogen) atoms.